The van der Waals surface area contributed by atoms with Gasteiger partial charge in [-0.15, -0.1) is 0 Å². The number of hydrogen-bond donors (Lipinski definition) is 3. The molecule has 0 bridgehead atoms. The summed E-state index contributed by atoms with van der Waals surface area (Å²) in [5.41, 5.74) is -0.224. The lowest BCUT2D eigenvalue weighted by Crippen LogP contribution is -2.43. The predicted octanol–water partition coefficient (Wildman–Crippen LogP) is -0.422. The minimum atomic E-state index is -0.653. The molecular formula is C13H27N3O3. The largest absolute Gasteiger partial charge is 0.393 e. The Hall–Kier alpha value is -1.14. The van der Waals surface area contributed by atoms with E-state index in [0.29, 0.717) is 26.1 Å². The fourth-order valence-corrected chi connectivity index (χ4v) is 1.31. The van der Waals surface area contributed by atoms with E-state index < -0.39 is 17.9 Å². The average Bonchev–Trinajstić information content (AvgIpc) is 2.26. The molecule has 6 heteroatoms. The van der Waals surface area contributed by atoms with E-state index in [0.717, 1.165) is 0 Å². The van der Waals surface area contributed by atoms with E-state index >= 15 is 0 Å². The second-order valence-electron chi connectivity index (χ2n) is 5.99. The second-order valence-corrected chi connectivity index (χ2v) is 5.99. The Kier molecular flexibility index (Phi) is 7.63. The molecule has 0 fully saturated rings. The Labute approximate surface area is 115 Å². The molecule has 19 heavy (non-hydrogen) atoms. The van der Waals surface area contributed by atoms with E-state index in [2.05, 4.69) is 10.6 Å². The van der Waals surface area contributed by atoms with Crippen molar-refractivity contribution in [1.82, 2.24) is 15.5 Å². The number of rotatable bonds is 6. The van der Waals surface area contributed by atoms with Gasteiger partial charge < -0.3 is 20.6 Å². The summed E-state index contributed by atoms with van der Waals surface area (Å²) >= 11 is 0. The topological polar surface area (TPSA) is 81.7 Å². The highest BCUT2D eigenvalue weighted by atomic mass is 16.3. The van der Waals surface area contributed by atoms with Crippen LogP contribution in [0, 0.1) is 5.41 Å². The van der Waals surface area contributed by atoms with E-state index in [-0.39, 0.29) is 5.41 Å². The van der Waals surface area contributed by atoms with Gasteiger partial charge in [-0.2, -0.15) is 0 Å². The summed E-state index contributed by atoms with van der Waals surface area (Å²) in [6, 6.07) is 0. The summed E-state index contributed by atoms with van der Waals surface area (Å²) in [6.07, 6.45) is -0.0789. The van der Waals surface area contributed by atoms with E-state index in [9.17, 15) is 14.7 Å². The van der Waals surface area contributed by atoms with Gasteiger partial charge in [-0.1, -0.05) is 20.8 Å². The Morgan fingerprint density at radius 1 is 1.11 bits per heavy atom. The number of likely N-dealkylation sites (N-methyl/N-ethyl adjacent to an activating group) is 1. The standard InChI is InChI=1S/C13H27N3O3/c1-13(2,3)10(17)6-7-14-11(18)12(19)15-8-9-16(4)5/h10,17H,6-9H2,1-5H3,(H,14,18)(H,15,19)/t10-/m0/s1. The van der Waals surface area contributed by atoms with Gasteiger partial charge in [0.1, 0.15) is 0 Å². The summed E-state index contributed by atoms with van der Waals surface area (Å²) in [7, 11) is 3.78. The average molecular weight is 273 g/mol. The van der Waals surface area contributed by atoms with Gasteiger partial charge in [-0.25, -0.2) is 0 Å². The van der Waals surface area contributed by atoms with Crippen molar-refractivity contribution in [3.8, 4) is 0 Å². The highest BCUT2D eigenvalue weighted by Crippen LogP contribution is 2.20. The molecule has 0 unspecified atom stereocenters. The van der Waals surface area contributed by atoms with Crippen LogP contribution < -0.4 is 10.6 Å². The van der Waals surface area contributed by atoms with Gasteiger partial charge in [0.25, 0.3) is 0 Å². The Morgan fingerprint density at radius 3 is 2.00 bits per heavy atom. The van der Waals surface area contributed by atoms with Crippen molar-refractivity contribution in [3.05, 3.63) is 0 Å². The quantitative estimate of drug-likeness (QED) is 0.574. The third-order valence-corrected chi connectivity index (χ3v) is 2.75. The monoisotopic (exact) mass is 273 g/mol. The van der Waals surface area contributed by atoms with Crippen molar-refractivity contribution >= 4 is 11.8 Å². The fourth-order valence-electron chi connectivity index (χ4n) is 1.31. The van der Waals surface area contributed by atoms with Crippen molar-refractivity contribution in [1.29, 1.82) is 0 Å². The number of nitrogens with one attached hydrogen (secondary N) is 2. The molecule has 2 amide bonds. The maximum atomic E-state index is 11.4. The van der Waals surface area contributed by atoms with Crippen LogP contribution in [0.5, 0.6) is 0 Å². The molecule has 0 saturated heterocycles. The minimum Gasteiger partial charge on any atom is -0.393 e. The lowest BCUT2D eigenvalue weighted by molar-refractivity contribution is -0.139. The molecule has 3 N–H and O–H groups in total. The van der Waals surface area contributed by atoms with Crippen LogP contribution in [0.1, 0.15) is 27.2 Å². The summed E-state index contributed by atoms with van der Waals surface area (Å²) in [4.78, 5) is 24.7. The molecule has 0 aliphatic carbocycles. The van der Waals surface area contributed by atoms with Crippen molar-refractivity contribution in [2.24, 2.45) is 5.41 Å². The second kappa shape index (κ2) is 8.12. The maximum absolute atomic E-state index is 11.4. The molecule has 0 spiro atoms. The number of carbonyl (C=O) groups excluding carboxylic acids is 2. The molecule has 6 nitrogen and oxygen atoms in total. The van der Waals surface area contributed by atoms with Crippen LogP contribution in [0.2, 0.25) is 0 Å². The molecule has 1 atom stereocenters. The van der Waals surface area contributed by atoms with Crippen molar-refractivity contribution in [2.75, 3.05) is 33.7 Å². The zero-order valence-electron chi connectivity index (χ0n) is 12.6. The van der Waals surface area contributed by atoms with Crippen LogP contribution in [0.3, 0.4) is 0 Å². The van der Waals surface area contributed by atoms with Crippen molar-refractivity contribution < 1.29 is 14.7 Å². The normalized spacial score (nSPS) is 13.2. The first-order valence-electron chi connectivity index (χ1n) is 6.53. The van der Waals surface area contributed by atoms with Gasteiger partial charge in [0.2, 0.25) is 0 Å². The van der Waals surface area contributed by atoms with Gasteiger partial charge in [-0.05, 0) is 25.9 Å². The first kappa shape index (κ1) is 17.9. The van der Waals surface area contributed by atoms with Gasteiger partial charge >= 0.3 is 11.8 Å². The number of aliphatic hydroxyl groups is 1. The smallest absolute Gasteiger partial charge is 0.309 e. The SMILES string of the molecule is CN(C)CCNC(=O)C(=O)NCC[C@H](O)C(C)(C)C. The first-order valence-corrected chi connectivity index (χ1v) is 6.53. The zero-order valence-corrected chi connectivity index (χ0v) is 12.6. The number of nitrogens with zero attached hydrogens (tertiary/aromatic N) is 1. The zero-order chi connectivity index (χ0) is 15.1. The van der Waals surface area contributed by atoms with Crippen LogP contribution in [0.15, 0.2) is 0 Å². The molecule has 0 heterocycles. The highest BCUT2D eigenvalue weighted by Gasteiger charge is 2.22. The van der Waals surface area contributed by atoms with Gasteiger partial charge in [-0.3, -0.25) is 9.59 Å². The predicted molar refractivity (Wildman–Crippen MR) is 74.7 cm³/mol. The molecule has 0 saturated carbocycles. The van der Waals surface area contributed by atoms with E-state index in [1.165, 1.54) is 0 Å². The lowest BCUT2D eigenvalue weighted by atomic mass is 9.87. The molecule has 0 rings (SSSR count). The van der Waals surface area contributed by atoms with Gasteiger partial charge in [0.05, 0.1) is 6.10 Å². The molecule has 0 radical (unpaired) electrons. The summed E-state index contributed by atoms with van der Waals surface area (Å²) < 4.78 is 0. The number of aliphatic hydroxyl groups excluding tert-OH is 1. The van der Waals surface area contributed by atoms with Crippen LogP contribution in [-0.2, 0) is 9.59 Å². The van der Waals surface area contributed by atoms with Crippen LogP contribution in [0.4, 0.5) is 0 Å². The van der Waals surface area contributed by atoms with Crippen LogP contribution in [0.25, 0.3) is 0 Å². The third kappa shape index (κ3) is 8.56. The van der Waals surface area contributed by atoms with Gasteiger partial charge in [0, 0.05) is 19.6 Å². The fraction of sp³-hybridized carbons (Fsp3) is 0.846. The van der Waals surface area contributed by atoms with Crippen molar-refractivity contribution in [3.63, 3.8) is 0 Å². The summed E-state index contributed by atoms with van der Waals surface area (Å²) in [5, 5.41) is 14.8. The first-order chi connectivity index (χ1) is 8.64. The summed E-state index contributed by atoms with van der Waals surface area (Å²) in [5.74, 6) is -1.29. The van der Waals surface area contributed by atoms with E-state index in [1.54, 1.807) is 0 Å². The molecule has 0 aliphatic heterocycles. The van der Waals surface area contributed by atoms with E-state index in [4.69, 9.17) is 0 Å². The van der Waals surface area contributed by atoms with Crippen molar-refractivity contribution in [2.45, 2.75) is 33.3 Å². The maximum Gasteiger partial charge on any atom is 0.309 e. The third-order valence-electron chi connectivity index (χ3n) is 2.75. The Bertz CT molecular complexity index is 298. The molecule has 0 aromatic heterocycles. The van der Waals surface area contributed by atoms with Crippen LogP contribution >= 0.6 is 0 Å². The Balaban J connectivity index is 3.83. The molecule has 112 valence electrons. The van der Waals surface area contributed by atoms with Gasteiger partial charge in [0.15, 0.2) is 0 Å². The molecular weight excluding hydrogens is 246 g/mol. The lowest BCUT2D eigenvalue weighted by Gasteiger charge is -2.25. The molecule has 0 aliphatic rings. The van der Waals surface area contributed by atoms with Crippen LogP contribution in [-0.4, -0.2) is 61.7 Å². The molecule has 0 aromatic rings. The summed E-state index contributed by atoms with van der Waals surface area (Å²) in [6.45, 7) is 7.18. The Morgan fingerprint density at radius 2 is 1.58 bits per heavy atom. The number of amides is 2. The van der Waals surface area contributed by atoms with E-state index in [1.807, 2.05) is 39.8 Å². The number of carbonyl (C=O) groups is 2. The molecule has 0 aromatic carbocycles. The minimum absolute atomic E-state index is 0.224. The number of hydrogen-bond acceptors (Lipinski definition) is 4. The highest BCUT2D eigenvalue weighted by molar-refractivity contribution is 6.35.